The zero-order valence-corrected chi connectivity index (χ0v) is 15.6. The molecule has 26 heavy (non-hydrogen) atoms. The minimum atomic E-state index is -0.448. The van der Waals surface area contributed by atoms with Crippen LogP contribution in [0.3, 0.4) is 0 Å². The van der Waals surface area contributed by atoms with Crippen molar-refractivity contribution in [1.82, 2.24) is 10.3 Å². The number of carbonyl (C=O) groups is 1. The monoisotopic (exact) mass is 372 g/mol. The van der Waals surface area contributed by atoms with E-state index in [4.69, 9.17) is 20.8 Å². The number of halogens is 1. The lowest BCUT2D eigenvalue weighted by Gasteiger charge is -2.69. The number of ether oxygens (including phenoxy) is 1. The molecule has 2 bridgehead atoms. The number of oxazole rings is 1. The summed E-state index contributed by atoms with van der Waals surface area (Å²) in [6.07, 6.45) is 4.82. The van der Waals surface area contributed by atoms with Gasteiger partial charge < -0.3 is 14.5 Å². The quantitative estimate of drug-likeness (QED) is 0.887. The van der Waals surface area contributed by atoms with Gasteiger partial charge in [-0.2, -0.15) is 0 Å². The number of amides is 1. The van der Waals surface area contributed by atoms with Crippen molar-refractivity contribution in [2.45, 2.75) is 62.5 Å². The fraction of sp³-hybridized carbons (Fsp3) is 0.500. The number of aromatic nitrogens is 1. The highest BCUT2D eigenvalue weighted by atomic mass is 35.5. The molecule has 136 valence electrons. The Hall–Kier alpha value is -2.01. The molecule has 3 aliphatic carbocycles. The summed E-state index contributed by atoms with van der Waals surface area (Å²) in [6.45, 7) is 3.97. The van der Waals surface area contributed by atoms with Crippen LogP contribution in [0.25, 0.3) is 0 Å². The molecule has 1 aromatic carbocycles. The van der Waals surface area contributed by atoms with Crippen LogP contribution in [0.1, 0.15) is 55.7 Å². The first kappa shape index (κ1) is 16.2. The number of nitrogens with zero attached hydrogens (tertiary/aromatic N) is 1. The first-order valence-electron chi connectivity index (χ1n) is 9.09. The summed E-state index contributed by atoms with van der Waals surface area (Å²) in [4.78, 5) is 17.0. The van der Waals surface area contributed by atoms with E-state index < -0.39 is 6.10 Å². The van der Waals surface area contributed by atoms with E-state index in [1.165, 1.54) is 0 Å². The third-order valence-corrected chi connectivity index (χ3v) is 6.43. The number of aryl methyl sites for hydroxylation is 1. The minimum absolute atomic E-state index is 0.0144. The molecule has 1 aromatic heterocycles. The molecule has 2 heterocycles. The van der Waals surface area contributed by atoms with Crippen LogP contribution < -0.4 is 10.1 Å². The average molecular weight is 373 g/mol. The number of benzene rings is 1. The van der Waals surface area contributed by atoms with Gasteiger partial charge in [-0.15, -0.1) is 0 Å². The molecule has 2 aromatic rings. The van der Waals surface area contributed by atoms with E-state index in [9.17, 15) is 4.79 Å². The summed E-state index contributed by atoms with van der Waals surface area (Å²) in [5, 5.41) is 3.94. The zero-order chi connectivity index (χ0) is 18.1. The zero-order valence-electron chi connectivity index (χ0n) is 14.8. The van der Waals surface area contributed by atoms with Crippen LogP contribution in [0, 0.1) is 6.92 Å². The molecule has 5 nitrogen and oxygen atoms in total. The van der Waals surface area contributed by atoms with Gasteiger partial charge in [-0.1, -0.05) is 18.5 Å². The van der Waals surface area contributed by atoms with E-state index in [2.05, 4.69) is 17.2 Å². The van der Waals surface area contributed by atoms with Crippen LogP contribution in [-0.2, 0) is 10.2 Å². The molecule has 6 rings (SSSR count). The Morgan fingerprint density at radius 2 is 2.12 bits per heavy atom. The van der Waals surface area contributed by atoms with Crippen LogP contribution in [0.5, 0.6) is 5.75 Å². The van der Waals surface area contributed by atoms with E-state index >= 15 is 0 Å². The van der Waals surface area contributed by atoms with Crippen molar-refractivity contribution in [3.8, 4) is 5.75 Å². The third kappa shape index (κ3) is 2.29. The Bertz CT molecular complexity index is 886. The van der Waals surface area contributed by atoms with Crippen LogP contribution in [0.2, 0.25) is 5.02 Å². The average Bonchev–Trinajstić information content (AvgIpc) is 2.96. The smallest absolute Gasteiger partial charge is 0.261 e. The lowest BCUT2D eigenvalue weighted by Crippen LogP contribution is -2.77. The number of rotatable bonds is 3. The Balaban J connectivity index is 1.25. The summed E-state index contributed by atoms with van der Waals surface area (Å²) in [7, 11) is 0. The number of fused-ring (bicyclic) bond motifs is 1. The van der Waals surface area contributed by atoms with Crippen molar-refractivity contribution < 1.29 is 13.9 Å². The topological polar surface area (TPSA) is 64.4 Å². The van der Waals surface area contributed by atoms with Crippen molar-refractivity contribution in [3.05, 3.63) is 46.6 Å². The fourth-order valence-corrected chi connectivity index (χ4v) is 5.13. The lowest BCUT2D eigenvalue weighted by molar-refractivity contribution is -0.147. The van der Waals surface area contributed by atoms with Gasteiger partial charge in [0.1, 0.15) is 11.5 Å². The Morgan fingerprint density at radius 3 is 2.81 bits per heavy atom. The number of hydrogen-bond acceptors (Lipinski definition) is 4. The second kappa shape index (κ2) is 5.26. The van der Waals surface area contributed by atoms with Gasteiger partial charge in [-0.25, -0.2) is 4.98 Å². The second-order valence-corrected chi connectivity index (χ2v) is 8.69. The van der Waals surface area contributed by atoms with Crippen molar-refractivity contribution in [2.24, 2.45) is 0 Å². The number of carbonyl (C=O) groups excluding carboxylic acids is 1. The fourth-order valence-electron chi connectivity index (χ4n) is 4.95. The van der Waals surface area contributed by atoms with Gasteiger partial charge in [-0.3, -0.25) is 4.79 Å². The van der Waals surface area contributed by atoms with Gasteiger partial charge in [0.05, 0.1) is 6.20 Å². The summed E-state index contributed by atoms with van der Waals surface area (Å²) in [6, 6.07) is 5.59. The highest BCUT2D eigenvalue weighted by molar-refractivity contribution is 6.30. The van der Waals surface area contributed by atoms with Gasteiger partial charge in [0, 0.05) is 29.3 Å². The molecule has 3 fully saturated rings. The van der Waals surface area contributed by atoms with Crippen molar-refractivity contribution in [3.63, 3.8) is 0 Å². The van der Waals surface area contributed by atoms with E-state index in [0.717, 1.165) is 36.3 Å². The molecule has 3 saturated carbocycles. The molecule has 6 heteroatoms. The first-order valence-corrected chi connectivity index (χ1v) is 9.47. The maximum Gasteiger partial charge on any atom is 0.261 e. The van der Waals surface area contributed by atoms with Gasteiger partial charge in [0.25, 0.3) is 5.91 Å². The highest BCUT2D eigenvalue weighted by Gasteiger charge is 2.71. The van der Waals surface area contributed by atoms with Gasteiger partial charge in [0.15, 0.2) is 12.0 Å². The maximum absolute atomic E-state index is 12.8. The molecule has 4 aliphatic rings. The molecule has 1 N–H and O–H groups in total. The molecule has 0 radical (unpaired) electrons. The number of nitrogens with one attached hydrogen (secondary N) is 1. The minimum Gasteiger partial charge on any atom is -0.480 e. The van der Waals surface area contributed by atoms with Crippen LogP contribution in [0.15, 0.2) is 28.8 Å². The normalized spacial score (nSPS) is 34.1. The van der Waals surface area contributed by atoms with E-state index in [1.54, 1.807) is 6.07 Å². The standard InChI is InChI=1S/C20H21ClN2O3/c1-11-5-16(26-15-4-3-13(21)6-14(11)15)18(24)23-20-8-19(9-20,10-20)17-7-22-12(2)25-17/h3-4,6-7,11,16H,5,8-10H2,1-2H3,(H,23,24)/t11-,16-,19?,20?/m1/s1. The van der Waals surface area contributed by atoms with Crippen molar-refractivity contribution in [1.29, 1.82) is 0 Å². The predicted molar refractivity (Wildman–Crippen MR) is 96.5 cm³/mol. The number of hydrogen-bond donors (Lipinski definition) is 1. The Labute approximate surface area is 157 Å². The molecule has 1 amide bonds. The van der Waals surface area contributed by atoms with Gasteiger partial charge >= 0.3 is 0 Å². The molecular formula is C20H21ClN2O3. The lowest BCUT2D eigenvalue weighted by atomic mass is 9.38. The van der Waals surface area contributed by atoms with Crippen LogP contribution >= 0.6 is 11.6 Å². The van der Waals surface area contributed by atoms with Gasteiger partial charge in [-0.05, 0) is 48.9 Å². The molecule has 0 unspecified atom stereocenters. The molecule has 0 saturated heterocycles. The van der Waals surface area contributed by atoms with E-state index in [0.29, 0.717) is 17.3 Å². The summed E-state index contributed by atoms with van der Waals surface area (Å²) >= 11 is 6.08. The summed E-state index contributed by atoms with van der Waals surface area (Å²) in [5.74, 6) is 2.65. The summed E-state index contributed by atoms with van der Waals surface area (Å²) in [5.41, 5.74) is 1.06. The third-order valence-electron chi connectivity index (χ3n) is 6.19. The van der Waals surface area contributed by atoms with Gasteiger partial charge in [0.2, 0.25) is 0 Å². The molecule has 1 aliphatic heterocycles. The summed E-state index contributed by atoms with van der Waals surface area (Å²) < 4.78 is 11.7. The predicted octanol–water partition coefficient (Wildman–Crippen LogP) is 3.88. The van der Waals surface area contributed by atoms with Crippen molar-refractivity contribution in [2.75, 3.05) is 0 Å². The van der Waals surface area contributed by atoms with Crippen molar-refractivity contribution >= 4 is 17.5 Å². The Morgan fingerprint density at radius 1 is 1.35 bits per heavy atom. The Kier molecular flexibility index (Phi) is 3.27. The van der Waals surface area contributed by atoms with Crippen LogP contribution in [-0.4, -0.2) is 22.5 Å². The SMILES string of the molecule is Cc1ncc(C23CC(NC(=O)[C@H]4C[C@@H](C)c5cc(Cl)ccc5O4)(C2)C3)o1. The molecule has 0 spiro atoms. The van der Waals surface area contributed by atoms with E-state index in [-0.39, 0.29) is 22.8 Å². The second-order valence-electron chi connectivity index (χ2n) is 8.25. The van der Waals surface area contributed by atoms with E-state index in [1.807, 2.05) is 25.3 Å². The first-order chi connectivity index (χ1) is 12.4. The molecule has 2 atom stereocenters. The maximum atomic E-state index is 12.8. The molecular weight excluding hydrogens is 352 g/mol. The largest absolute Gasteiger partial charge is 0.480 e. The highest BCUT2D eigenvalue weighted by Crippen LogP contribution is 2.67. The van der Waals surface area contributed by atoms with Crippen LogP contribution in [0.4, 0.5) is 0 Å².